The molecular weight excluding hydrogens is 894 g/mol. The number of halogens is 3. The van der Waals surface area contributed by atoms with Crippen LogP contribution < -0.4 is 20.8 Å². The van der Waals surface area contributed by atoms with Crippen LogP contribution in [0.25, 0.3) is 43.5 Å². The maximum atomic E-state index is 16.2. The van der Waals surface area contributed by atoms with Crippen molar-refractivity contribution in [3.63, 3.8) is 0 Å². The molecule has 1 fully saturated rings. The van der Waals surface area contributed by atoms with E-state index in [0.717, 1.165) is 40.0 Å². The Labute approximate surface area is 384 Å². The zero-order chi connectivity index (χ0) is 46.5. The fraction of sp³-hybridized carbons (Fsp3) is 0.292. The molecule has 2 amide bonds. The minimum atomic E-state index is -1.93. The highest BCUT2D eigenvalue weighted by atomic mass is 35.5. The van der Waals surface area contributed by atoms with Gasteiger partial charge >= 0.3 is 5.97 Å². The summed E-state index contributed by atoms with van der Waals surface area (Å²) in [5, 5.41) is 21.9. The highest BCUT2D eigenvalue weighted by molar-refractivity contribution is 7.23. The molecule has 4 aliphatic rings. The molecule has 3 aromatic heterocycles. The van der Waals surface area contributed by atoms with Gasteiger partial charge in [0, 0.05) is 59.1 Å². The van der Waals surface area contributed by atoms with Crippen LogP contribution in [0.5, 0.6) is 11.5 Å². The second kappa shape index (κ2) is 15.9. The summed E-state index contributed by atoms with van der Waals surface area (Å²) in [6.07, 6.45) is 0.951. The first-order chi connectivity index (χ1) is 31.7. The third-order valence-electron chi connectivity index (χ3n) is 13.2. The van der Waals surface area contributed by atoms with E-state index < -0.39 is 35.2 Å². The Morgan fingerprint density at radius 3 is 2.67 bits per heavy atom. The molecule has 14 nitrogen and oxygen atoms in total. The number of benzene rings is 3. The summed E-state index contributed by atoms with van der Waals surface area (Å²) in [7, 11) is 0. The van der Waals surface area contributed by atoms with Gasteiger partial charge in [0.15, 0.2) is 11.4 Å². The van der Waals surface area contributed by atoms with Gasteiger partial charge in [-0.2, -0.15) is 5.26 Å². The Morgan fingerprint density at radius 1 is 1.11 bits per heavy atom. The third-order valence-corrected chi connectivity index (χ3v) is 14.6. The highest BCUT2D eigenvalue weighted by Crippen LogP contribution is 2.48. The van der Waals surface area contributed by atoms with Gasteiger partial charge in [-0.25, -0.2) is 18.6 Å². The van der Waals surface area contributed by atoms with E-state index in [0.29, 0.717) is 35.5 Å². The number of carbonyl (C=O) groups excluding carboxylic acids is 3. The van der Waals surface area contributed by atoms with Crippen LogP contribution in [-0.2, 0) is 39.5 Å². The molecule has 3 aromatic carbocycles. The molecule has 0 aliphatic carbocycles. The number of fused-ring (bicyclic) bond motifs is 8. The highest BCUT2D eigenvalue weighted by Gasteiger charge is 2.46. The lowest BCUT2D eigenvalue weighted by Crippen LogP contribution is -2.57. The van der Waals surface area contributed by atoms with Gasteiger partial charge in [-0.05, 0) is 60.4 Å². The maximum absolute atomic E-state index is 16.2. The Kier molecular flexibility index (Phi) is 10.4. The van der Waals surface area contributed by atoms with Crippen molar-refractivity contribution in [1.82, 2.24) is 19.4 Å². The molecule has 7 heterocycles. The van der Waals surface area contributed by atoms with Gasteiger partial charge in [-0.3, -0.25) is 14.4 Å². The number of thiophene rings is 1. The van der Waals surface area contributed by atoms with Gasteiger partial charge in [0.2, 0.25) is 0 Å². The zero-order valence-electron chi connectivity index (χ0n) is 35.6. The van der Waals surface area contributed by atoms with Crippen molar-refractivity contribution >= 4 is 66.7 Å². The van der Waals surface area contributed by atoms with Crippen LogP contribution in [0, 0.1) is 23.0 Å². The summed E-state index contributed by atoms with van der Waals surface area (Å²) in [5.74, 6) is -2.76. The number of aliphatic hydroxyl groups is 1. The number of nitrogens with zero attached hydrogens (tertiary/aromatic N) is 5. The van der Waals surface area contributed by atoms with Crippen LogP contribution in [0.2, 0.25) is 5.02 Å². The standard InChI is InChI=1S/C48H39ClF2N6O8S/c1-4-25-27-14-24(6-9-35(27)54-40-30(25)19-57-36(40)16-32-31(46(57)60)21-65-47(61)48(32,62)5-2)64-20-22(3)44(58)55-11-12-56-23(18-55)10-13-63-41-28(45(56)59)15-34(51)38(39(41)49)26-7-8-33(50)42-37(26)29(17-52)43(53)66-42/h6-9,14-16,23,62H,3-5,10-13,18-21,53H2,1-2H3/t23-,48-/m0/s1. The van der Waals surface area contributed by atoms with Gasteiger partial charge in [0.05, 0.1) is 62.5 Å². The number of nitrogen functional groups attached to an aromatic ring is 1. The number of amides is 2. The van der Waals surface area contributed by atoms with Crippen LogP contribution in [0.4, 0.5) is 13.8 Å². The first kappa shape index (κ1) is 43.0. The molecule has 1 saturated heterocycles. The second-order valence-electron chi connectivity index (χ2n) is 16.7. The molecule has 4 aliphatic heterocycles. The van der Waals surface area contributed by atoms with Gasteiger partial charge in [-0.1, -0.05) is 38.1 Å². The van der Waals surface area contributed by atoms with Crippen LogP contribution in [0.1, 0.15) is 64.9 Å². The summed E-state index contributed by atoms with van der Waals surface area (Å²) in [6, 6.07) is 12.0. The van der Waals surface area contributed by atoms with E-state index in [-0.39, 0.29) is 129 Å². The molecule has 18 heteroatoms. The predicted molar refractivity (Wildman–Crippen MR) is 241 cm³/mol. The number of pyridine rings is 2. The molecule has 0 spiro atoms. The number of carbonyl (C=O) groups is 3. The number of hydrogen-bond acceptors (Lipinski definition) is 12. The number of aromatic nitrogens is 2. The number of aryl methyl sites for hydroxylation is 1. The van der Waals surface area contributed by atoms with E-state index in [2.05, 4.69) is 6.58 Å². The number of rotatable bonds is 7. The van der Waals surface area contributed by atoms with E-state index in [9.17, 15) is 33.9 Å². The summed E-state index contributed by atoms with van der Waals surface area (Å²) in [4.78, 5) is 62.4. The molecule has 0 unspecified atom stereocenters. The molecule has 0 bridgehead atoms. The number of ether oxygens (including phenoxy) is 3. The Hall–Kier alpha value is -6.87. The Bertz CT molecular complexity index is 3290. The van der Waals surface area contributed by atoms with Crippen molar-refractivity contribution in [3.8, 4) is 40.1 Å². The van der Waals surface area contributed by atoms with Gasteiger partial charge < -0.3 is 39.4 Å². The Balaban J connectivity index is 0.846. The molecular formula is C48H39ClF2N6O8S. The van der Waals surface area contributed by atoms with Crippen LogP contribution in [-0.4, -0.2) is 81.1 Å². The number of anilines is 1. The number of hydrogen-bond donors (Lipinski definition) is 2. The lowest BCUT2D eigenvalue weighted by molar-refractivity contribution is -0.172. The average molecular weight is 933 g/mol. The lowest BCUT2D eigenvalue weighted by atomic mass is 9.86. The molecule has 2 atom stereocenters. The lowest BCUT2D eigenvalue weighted by Gasteiger charge is -2.42. The van der Waals surface area contributed by atoms with Crippen molar-refractivity contribution in [3.05, 3.63) is 115 Å². The SMILES string of the molecule is C=C(COc1ccc2nc3c(c(CC)c2c1)Cn1c-3cc2c(c1=O)COC(=O)[C@]2(O)CC)C(=O)N1CCN2C(=O)c3cc(F)c(-c4ccc(F)c5sc(N)c(C#N)c45)c(Cl)c3OCC[C@H]2C1. The quantitative estimate of drug-likeness (QED) is 0.124. The normalized spacial score (nSPS) is 18.6. The van der Waals surface area contributed by atoms with E-state index in [1.165, 1.54) is 6.07 Å². The fourth-order valence-electron chi connectivity index (χ4n) is 9.75. The molecule has 10 rings (SSSR count). The zero-order valence-corrected chi connectivity index (χ0v) is 37.1. The van der Waals surface area contributed by atoms with E-state index >= 15 is 4.39 Å². The molecule has 0 saturated carbocycles. The summed E-state index contributed by atoms with van der Waals surface area (Å²) >= 11 is 7.69. The number of nitrogens with two attached hydrogens (primary N) is 1. The van der Waals surface area contributed by atoms with Crippen LogP contribution in [0.15, 0.2) is 59.4 Å². The van der Waals surface area contributed by atoms with Crippen molar-refractivity contribution in [2.24, 2.45) is 0 Å². The first-order valence-electron chi connectivity index (χ1n) is 21.3. The van der Waals surface area contributed by atoms with Gasteiger partial charge in [0.25, 0.3) is 17.4 Å². The van der Waals surface area contributed by atoms with E-state index in [4.69, 9.17) is 36.5 Å². The number of piperazine rings is 1. The molecule has 6 aromatic rings. The monoisotopic (exact) mass is 932 g/mol. The van der Waals surface area contributed by atoms with Crippen molar-refractivity contribution < 1.29 is 42.5 Å². The molecule has 336 valence electrons. The molecule has 66 heavy (non-hydrogen) atoms. The number of nitriles is 1. The van der Waals surface area contributed by atoms with Crippen molar-refractivity contribution in [2.75, 3.05) is 38.6 Å². The van der Waals surface area contributed by atoms with Crippen molar-refractivity contribution in [1.29, 1.82) is 5.26 Å². The van der Waals surface area contributed by atoms with Gasteiger partial charge in [0.1, 0.15) is 41.7 Å². The Morgan fingerprint density at radius 2 is 1.91 bits per heavy atom. The van der Waals surface area contributed by atoms with Crippen LogP contribution >= 0.6 is 22.9 Å². The molecule has 3 N–H and O–H groups in total. The summed E-state index contributed by atoms with van der Waals surface area (Å²) in [5.41, 5.74) is 7.82. The van der Waals surface area contributed by atoms with Gasteiger partial charge in [-0.15, -0.1) is 11.3 Å². The second-order valence-corrected chi connectivity index (χ2v) is 18.1. The predicted octanol–water partition coefficient (Wildman–Crippen LogP) is 6.98. The van der Waals surface area contributed by atoms with E-state index in [1.54, 1.807) is 39.5 Å². The maximum Gasteiger partial charge on any atom is 0.343 e. The minimum Gasteiger partial charge on any atom is -0.491 e. The fourth-order valence-corrected chi connectivity index (χ4v) is 11.1. The van der Waals surface area contributed by atoms with E-state index in [1.807, 2.05) is 19.1 Å². The summed E-state index contributed by atoms with van der Waals surface area (Å²) < 4.78 is 50.1. The topological polar surface area (TPSA) is 190 Å². The summed E-state index contributed by atoms with van der Waals surface area (Å²) in [6.45, 7) is 8.10. The number of cyclic esters (lactones) is 1. The average Bonchev–Trinajstić information content (AvgIpc) is 3.86. The first-order valence-corrected chi connectivity index (χ1v) is 22.5. The smallest absolute Gasteiger partial charge is 0.343 e. The largest absolute Gasteiger partial charge is 0.491 e. The van der Waals surface area contributed by atoms with Crippen LogP contribution in [0.3, 0.4) is 0 Å². The number of esters is 1. The minimum absolute atomic E-state index is 0.00865. The molecule has 0 radical (unpaired) electrons. The van der Waals surface area contributed by atoms with Crippen molar-refractivity contribution in [2.45, 2.75) is 57.9 Å². The third kappa shape index (κ3) is 6.44.